The summed E-state index contributed by atoms with van der Waals surface area (Å²) in [7, 11) is 0. The lowest BCUT2D eigenvalue weighted by molar-refractivity contribution is -0.141. The van der Waals surface area contributed by atoms with E-state index in [4.69, 9.17) is 9.47 Å². The molecule has 1 aliphatic heterocycles. The van der Waals surface area contributed by atoms with Gasteiger partial charge in [-0.05, 0) is 25.1 Å². The van der Waals surface area contributed by atoms with Gasteiger partial charge in [0.15, 0.2) is 17.2 Å². The molecule has 0 unspecified atom stereocenters. The fourth-order valence-corrected chi connectivity index (χ4v) is 2.19. The molecule has 2 aromatic rings. The number of nitrogens with one attached hydrogen (secondary N) is 1. The fraction of sp³-hybridized carbons (Fsp3) is 0.333. The normalized spacial score (nSPS) is 15.0. The van der Waals surface area contributed by atoms with E-state index in [9.17, 15) is 18.0 Å². The summed E-state index contributed by atoms with van der Waals surface area (Å²) in [4.78, 5) is 12.2. The molecule has 1 aromatic heterocycles. The number of carbonyl (C=O) groups is 1. The standard InChI is InChI=1S/C15H14F3N3O3/c1-9(21-5-4-13(20-21)15(16,17)18)14(22)19-10-2-3-11-12(8-10)24-7-6-23-11/h2-5,8-9H,6-7H2,1H3,(H,19,22)/t9-/m0/s1. The number of carbonyl (C=O) groups excluding carboxylic acids is 1. The second-order valence-electron chi connectivity index (χ2n) is 5.20. The largest absolute Gasteiger partial charge is 0.486 e. The van der Waals surface area contributed by atoms with Gasteiger partial charge < -0.3 is 14.8 Å². The summed E-state index contributed by atoms with van der Waals surface area (Å²) < 4.78 is 49.5. The molecule has 0 radical (unpaired) electrons. The van der Waals surface area contributed by atoms with Crippen LogP contribution in [0.1, 0.15) is 18.7 Å². The average molecular weight is 341 g/mol. The van der Waals surface area contributed by atoms with Crippen molar-refractivity contribution in [1.82, 2.24) is 9.78 Å². The van der Waals surface area contributed by atoms with Gasteiger partial charge in [-0.25, -0.2) is 0 Å². The molecule has 0 bridgehead atoms. The van der Waals surface area contributed by atoms with Gasteiger partial charge in [0.2, 0.25) is 5.91 Å². The van der Waals surface area contributed by atoms with E-state index in [1.807, 2.05) is 0 Å². The highest BCUT2D eigenvalue weighted by Gasteiger charge is 2.34. The van der Waals surface area contributed by atoms with Crippen molar-refractivity contribution in [2.24, 2.45) is 0 Å². The van der Waals surface area contributed by atoms with Gasteiger partial charge in [0.05, 0.1) is 0 Å². The Morgan fingerprint density at radius 3 is 2.62 bits per heavy atom. The van der Waals surface area contributed by atoms with Crippen molar-refractivity contribution in [2.75, 3.05) is 18.5 Å². The Balaban J connectivity index is 1.71. The van der Waals surface area contributed by atoms with E-state index in [-0.39, 0.29) is 0 Å². The SMILES string of the molecule is C[C@@H](C(=O)Nc1ccc2c(c1)OCCO2)n1ccc(C(F)(F)F)n1. The maximum atomic E-state index is 12.6. The van der Waals surface area contributed by atoms with E-state index in [1.165, 1.54) is 6.92 Å². The molecule has 0 fully saturated rings. The Bertz CT molecular complexity index is 758. The second-order valence-corrected chi connectivity index (χ2v) is 5.20. The zero-order valence-corrected chi connectivity index (χ0v) is 12.6. The van der Waals surface area contributed by atoms with Gasteiger partial charge in [0.1, 0.15) is 19.3 Å². The van der Waals surface area contributed by atoms with Crippen molar-refractivity contribution in [3.63, 3.8) is 0 Å². The number of fused-ring (bicyclic) bond motifs is 1. The zero-order valence-electron chi connectivity index (χ0n) is 12.6. The molecule has 1 amide bonds. The van der Waals surface area contributed by atoms with Crippen molar-refractivity contribution in [2.45, 2.75) is 19.1 Å². The smallest absolute Gasteiger partial charge is 0.435 e. The lowest BCUT2D eigenvalue weighted by atomic mass is 10.2. The van der Waals surface area contributed by atoms with Crippen LogP contribution in [0.3, 0.4) is 0 Å². The number of ether oxygens (including phenoxy) is 2. The molecule has 1 aromatic carbocycles. The van der Waals surface area contributed by atoms with E-state index in [0.717, 1.165) is 16.9 Å². The molecule has 9 heteroatoms. The summed E-state index contributed by atoms with van der Waals surface area (Å²) in [5.74, 6) is 0.586. The van der Waals surface area contributed by atoms with Crippen LogP contribution in [0.15, 0.2) is 30.5 Å². The van der Waals surface area contributed by atoms with E-state index in [2.05, 4.69) is 10.4 Å². The third-order valence-corrected chi connectivity index (χ3v) is 3.48. The van der Waals surface area contributed by atoms with Crippen LogP contribution in [0.4, 0.5) is 18.9 Å². The Morgan fingerprint density at radius 2 is 1.96 bits per heavy atom. The lowest BCUT2D eigenvalue weighted by Crippen LogP contribution is -2.24. The second kappa shape index (κ2) is 6.06. The van der Waals surface area contributed by atoms with Gasteiger partial charge in [-0.15, -0.1) is 0 Å². The monoisotopic (exact) mass is 341 g/mol. The summed E-state index contributed by atoms with van der Waals surface area (Å²) in [6, 6.07) is 4.80. The molecule has 0 saturated heterocycles. The average Bonchev–Trinajstić information content (AvgIpc) is 3.04. The highest BCUT2D eigenvalue weighted by Crippen LogP contribution is 2.33. The van der Waals surface area contributed by atoms with E-state index in [0.29, 0.717) is 30.4 Å². The van der Waals surface area contributed by atoms with Crippen molar-refractivity contribution in [3.05, 3.63) is 36.2 Å². The van der Waals surface area contributed by atoms with Crippen molar-refractivity contribution >= 4 is 11.6 Å². The molecule has 24 heavy (non-hydrogen) atoms. The van der Waals surface area contributed by atoms with E-state index < -0.39 is 23.8 Å². The zero-order chi connectivity index (χ0) is 17.3. The molecule has 6 nitrogen and oxygen atoms in total. The number of amides is 1. The molecular weight excluding hydrogens is 327 g/mol. The quantitative estimate of drug-likeness (QED) is 0.932. The first kappa shape index (κ1) is 16.2. The molecule has 0 spiro atoms. The molecule has 0 saturated carbocycles. The summed E-state index contributed by atoms with van der Waals surface area (Å²) >= 11 is 0. The van der Waals surface area contributed by atoms with Crippen LogP contribution in [-0.2, 0) is 11.0 Å². The lowest BCUT2D eigenvalue weighted by Gasteiger charge is -2.19. The number of aromatic nitrogens is 2. The van der Waals surface area contributed by atoms with Gasteiger partial charge in [-0.2, -0.15) is 18.3 Å². The highest BCUT2D eigenvalue weighted by molar-refractivity contribution is 5.93. The van der Waals surface area contributed by atoms with Crippen LogP contribution in [0, 0.1) is 0 Å². The molecule has 128 valence electrons. The Hall–Kier alpha value is -2.71. The number of alkyl halides is 3. The summed E-state index contributed by atoms with van der Waals surface area (Å²) in [6.45, 7) is 2.32. The third kappa shape index (κ3) is 3.29. The highest BCUT2D eigenvalue weighted by atomic mass is 19.4. The maximum Gasteiger partial charge on any atom is 0.435 e. The van der Waals surface area contributed by atoms with E-state index in [1.54, 1.807) is 18.2 Å². The Kier molecular flexibility index (Phi) is 4.08. The molecule has 1 aliphatic rings. The fourth-order valence-electron chi connectivity index (χ4n) is 2.19. The van der Waals surface area contributed by atoms with Gasteiger partial charge in [-0.3, -0.25) is 9.48 Å². The van der Waals surface area contributed by atoms with Gasteiger partial charge in [0.25, 0.3) is 0 Å². The van der Waals surface area contributed by atoms with Gasteiger partial charge in [0, 0.05) is 18.0 Å². The Morgan fingerprint density at radius 1 is 1.25 bits per heavy atom. The molecule has 3 rings (SSSR count). The topological polar surface area (TPSA) is 65.4 Å². The summed E-state index contributed by atoms with van der Waals surface area (Å²) in [6.07, 6.45) is -3.42. The number of nitrogens with zero attached hydrogens (tertiary/aromatic N) is 2. The molecule has 1 N–H and O–H groups in total. The maximum absolute atomic E-state index is 12.6. The number of benzene rings is 1. The minimum atomic E-state index is -4.54. The molecular formula is C15H14F3N3O3. The first-order chi connectivity index (χ1) is 11.3. The van der Waals surface area contributed by atoms with Crippen molar-refractivity contribution in [1.29, 1.82) is 0 Å². The predicted molar refractivity (Wildman–Crippen MR) is 78.0 cm³/mol. The molecule has 1 atom stereocenters. The molecule has 2 heterocycles. The number of hydrogen-bond donors (Lipinski definition) is 1. The number of halogens is 3. The summed E-state index contributed by atoms with van der Waals surface area (Å²) in [5, 5.41) is 6.02. The van der Waals surface area contributed by atoms with E-state index >= 15 is 0 Å². The van der Waals surface area contributed by atoms with Crippen LogP contribution in [0.25, 0.3) is 0 Å². The number of anilines is 1. The van der Waals surface area contributed by atoms with Crippen molar-refractivity contribution in [3.8, 4) is 11.5 Å². The first-order valence-corrected chi connectivity index (χ1v) is 7.17. The van der Waals surface area contributed by atoms with Crippen LogP contribution < -0.4 is 14.8 Å². The summed E-state index contributed by atoms with van der Waals surface area (Å²) in [5.41, 5.74) is -0.583. The minimum Gasteiger partial charge on any atom is -0.486 e. The predicted octanol–water partition coefficient (Wildman–Crippen LogP) is 2.87. The number of rotatable bonds is 3. The van der Waals surface area contributed by atoms with Gasteiger partial charge in [-0.1, -0.05) is 0 Å². The van der Waals surface area contributed by atoms with Crippen LogP contribution in [0.2, 0.25) is 0 Å². The molecule has 0 aliphatic carbocycles. The van der Waals surface area contributed by atoms with Crippen molar-refractivity contribution < 1.29 is 27.4 Å². The van der Waals surface area contributed by atoms with Crippen LogP contribution >= 0.6 is 0 Å². The first-order valence-electron chi connectivity index (χ1n) is 7.17. The third-order valence-electron chi connectivity index (χ3n) is 3.48. The minimum absolute atomic E-state index is 0.411. The Labute approximate surface area is 135 Å². The number of hydrogen-bond acceptors (Lipinski definition) is 4. The van der Waals surface area contributed by atoms with Crippen LogP contribution in [-0.4, -0.2) is 28.9 Å². The van der Waals surface area contributed by atoms with Crippen LogP contribution in [0.5, 0.6) is 11.5 Å². The van der Waals surface area contributed by atoms with Gasteiger partial charge >= 0.3 is 6.18 Å².